The van der Waals surface area contributed by atoms with Crippen LogP contribution in [0.25, 0.3) is 0 Å². The van der Waals surface area contributed by atoms with Crippen molar-refractivity contribution in [2.45, 2.75) is 32.1 Å². The SMILES string of the molecule is CC1c2ccccc2CCC1CC1=NCCN1C. The van der Waals surface area contributed by atoms with Gasteiger partial charge in [0.2, 0.25) is 0 Å². The van der Waals surface area contributed by atoms with Crippen LogP contribution in [0.15, 0.2) is 29.3 Å². The van der Waals surface area contributed by atoms with Crippen LogP contribution >= 0.6 is 0 Å². The summed E-state index contributed by atoms with van der Waals surface area (Å²) in [4.78, 5) is 6.97. The van der Waals surface area contributed by atoms with E-state index in [1.807, 2.05) is 0 Å². The minimum Gasteiger partial charge on any atom is -0.362 e. The van der Waals surface area contributed by atoms with Crippen LogP contribution in [0.1, 0.15) is 36.8 Å². The fraction of sp³-hybridized carbons (Fsp3) is 0.562. The van der Waals surface area contributed by atoms with E-state index in [1.165, 1.54) is 18.7 Å². The van der Waals surface area contributed by atoms with Crippen molar-refractivity contribution in [2.75, 3.05) is 20.1 Å². The summed E-state index contributed by atoms with van der Waals surface area (Å²) in [5.74, 6) is 2.76. The summed E-state index contributed by atoms with van der Waals surface area (Å²) in [5.41, 5.74) is 3.12. The van der Waals surface area contributed by atoms with Crippen molar-refractivity contribution in [3.8, 4) is 0 Å². The summed E-state index contributed by atoms with van der Waals surface area (Å²) in [6, 6.07) is 8.95. The number of rotatable bonds is 2. The Hall–Kier alpha value is -1.31. The molecule has 0 radical (unpaired) electrons. The fourth-order valence-corrected chi connectivity index (χ4v) is 3.36. The zero-order valence-corrected chi connectivity index (χ0v) is 11.4. The fourth-order valence-electron chi connectivity index (χ4n) is 3.36. The van der Waals surface area contributed by atoms with Crippen molar-refractivity contribution in [1.29, 1.82) is 0 Å². The lowest BCUT2D eigenvalue weighted by molar-refractivity contribution is 0.390. The lowest BCUT2D eigenvalue weighted by Crippen LogP contribution is -2.28. The maximum absolute atomic E-state index is 4.64. The molecule has 3 rings (SSSR count). The first-order chi connectivity index (χ1) is 8.75. The molecule has 0 aromatic heterocycles. The highest BCUT2D eigenvalue weighted by Gasteiger charge is 2.28. The summed E-state index contributed by atoms with van der Waals surface area (Å²) in [5, 5.41) is 0. The number of aliphatic imine (C=N–C) groups is 1. The van der Waals surface area contributed by atoms with Crippen molar-refractivity contribution in [3.05, 3.63) is 35.4 Å². The van der Waals surface area contributed by atoms with Gasteiger partial charge in [0.1, 0.15) is 0 Å². The summed E-state index contributed by atoms with van der Waals surface area (Å²) in [6.45, 7) is 4.48. The third-order valence-corrected chi connectivity index (χ3v) is 4.65. The maximum atomic E-state index is 4.64. The summed E-state index contributed by atoms with van der Waals surface area (Å²) < 4.78 is 0. The molecule has 1 aliphatic carbocycles. The largest absolute Gasteiger partial charge is 0.362 e. The van der Waals surface area contributed by atoms with Gasteiger partial charge < -0.3 is 4.90 Å². The molecule has 2 heteroatoms. The minimum atomic E-state index is 0.673. The van der Waals surface area contributed by atoms with Crippen molar-refractivity contribution in [3.63, 3.8) is 0 Å². The molecule has 1 aromatic rings. The van der Waals surface area contributed by atoms with E-state index < -0.39 is 0 Å². The molecule has 18 heavy (non-hydrogen) atoms. The number of likely N-dealkylation sites (N-methyl/N-ethyl adjacent to an activating group) is 1. The Morgan fingerprint density at radius 1 is 1.33 bits per heavy atom. The van der Waals surface area contributed by atoms with Gasteiger partial charge in [0.05, 0.1) is 12.4 Å². The number of nitrogens with zero attached hydrogens (tertiary/aromatic N) is 2. The first-order valence-corrected chi connectivity index (χ1v) is 7.08. The average Bonchev–Trinajstić information content (AvgIpc) is 2.79. The third-order valence-electron chi connectivity index (χ3n) is 4.65. The molecule has 0 saturated carbocycles. The van der Waals surface area contributed by atoms with E-state index in [0.29, 0.717) is 5.92 Å². The van der Waals surface area contributed by atoms with Crippen LogP contribution in [-0.2, 0) is 6.42 Å². The molecule has 1 heterocycles. The summed E-state index contributed by atoms with van der Waals surface area (Å²) in [6.07, 6.45) is 3.71. The molecule has 1 aromatic carbocycles. The number of aryl methyl sites for hydroxylation is 1. The van der Waals surface area contributed by atoms with Gasteiger partial charge in [-0.15, -0.1) is 0 Å². The Bertz CT molecular complexity index is 464. The van der Waals surface area contributed by atoms with E-state index in [4.69, 9.17) is 0 Å². The molecule has 0 saturated heterocycles. The number of fused-ring (bicyclic) bond motifs is 1. The van der Waals surface area contributed by atoms with Gasteiger partial charge in [0.25, 0.3) is 0 Å². The van der Waals surface area contributed by atoms with Gasteiger partial charge in [-0.05, 0) is 35.8 Å². The number of hydrogen-bond acceptors (Lipinski definition) is 2. The molecule has 0 N–H and O–H groups in total. The number of hydrogen-bond donors (Lipinski definition) is 0. The summed E-state index contributed by atoms with van der Waals surface area (Å²) in [7, 11) is 2.17. The average molecular weight is 242 g/mol. The predicted molar refractivity (Wildman–Crippen MR) is 76.2 cm³/mol. The highest BCUT2D eigenvalue weighted by atomic mass is 15.2. The van der Waals surface area contributed by atoms with Crippen LogP contribution < -0.4 is 0 Å². The second-order valence-corrected chi connectivity index (χ2v) is 5.71. The van der Waals surface area contributed by atoms with E-state index in [0.717, 1.165) is 25.4 Å². The van der Waals surface area contributed by atoms with Crippen molar-refractivity contribution in [2.24, 2.45) is 10.9 Å². The zero-order valence-electron chi connectivity index (χ0n) is 11.4. The second kappa shape index (κ2) is 4.75. The molecule has 0 amide bonds. The Kier molecular flexibility index (Phi) is 3.11. The highest BCUT2D eigenvalue weighted by Crippen LogP contribution is 2.38. The molecule has 96 valence electrons. The van der Waals surface area contributed by atoms with Gasteiger partial charge in [0, 0.05) is 20.0 Å². The van der Waals surface area contributed by atoms with Crippen molar-refractivity contribution < 1.29 is 0 Å². The second-order valence-electron chi connectivity index (χ2n) is 5.71. The predicted octanol–water partition coefficient (Wildman–Crippen LogP) is 3.09. The quantitative estimate of drug-likeness (QED) is 0.778. The van der Waals surface area contributed by atoms with Crippen molar-refractivity contribution >= 4 is 5.84 Å². The Morgan fingerprint density at radius 3 is 2.94 bits per heavy atom. The topological polar surface area (TPSA) is 15.6 Å². The third kappa shape index (κ3) is 2.05. The van der Waals surface area contributed by atoms with Crippen LogP contribution in [0.4, 0.5) is 0 Å². The normalized spacial score (nSPS) is 27.0. The van der Waals surface area contributed by atoms with Gasteiger partial charge in [-0.25, -0.2) is 0 Å². The monoisotopic (exact) mass is 242 g/mol. The molecular formula is C16H22N2. The van der Waals surface area contributed by atoms with E-state index in [1.54, 1.807) is 11.1 Å². The summed E-state index contributed by atoms with van der Waals surface area (Å²) >= 11 is 0. The standard InChI is InChI=1S/C16H22N2/c1-12-14(11-16-17-9-10-18(16)2)8-7-13-5-3-4-6-15(12)13/h3-6,12,14H,7-11H2,1-2H3. The highest BCUT2D eigenvalue weighted by molar-refractivity contribution is 5.83. The Balaban J connectivity index is 1.76. The van der Waals surface area contributed by atoms with Gasteiger partial charge in [-0.1, -0.05) is 31.2 Å². The Labute approximate surface area is 110 Å². The van der Waals surface area contributed by atoms with Crippen molar-refractivity contribution in [1.82, 2.24) is 4.90 Å². The molecule has 0 spiro atoms. The molecule has 2 aliphatic rings. The zero-order chi connectivity index (χ0) is 12.5. The molecule has 2 nitrogen and oxygen atoms in total. The van der Waals surface area contributed by atoms with Crippen LogP contribution in [0.5, 0.6) is 0 Å². The Morgan fingerprint density at radius 2 is 2.17 bits per heavy atom. The first-order valence-electron chi connectivity index (χ1n) is 7.08. The van der Waals surface area contributed by atoms with E-state index in [9.17, 15) is 0 Å². The maximum Gasteiger partial charge on any atom is 0.0990 e. The van der Waals surface area contributed by atoms with Gasteiger partial charge in [-0.3, -0.25) is 4.99 Å². The van der Waals surface area contributed by atoms with Crippen LogP contribution in [-0.4, -0.2) is 30.9 Å². The van der Waals surface area contributed by atoms with Crippen LogP contribution in [0.2, 0.25) is 0 Å². The van der Waals surface area contributed by atoms with E-state index >= 15 is 0 Å². The molecule has 1 aliphatic heterocycles. The van der Waals surface area contributed by atoms with Gasteiger partial charge in [0.15, 0.2) is 0 Å². The van der Waals surface area contributed by atoms with Crippen LogP contribution in [0, 0.1) is 5.92 Å². The van der Waals surface area contributed by atoms with E-state index in [2.05, 4.69) is 48.1 Å². The number of benzene rings is 1. The van der Waals surface area contributed by atoms with Crippen LogP contribution in [0.3, 0.4) is 0 Å². The molecule has 2 unspecified atom stereocenters. The van der Waals surface area contributed by atoms with Gasteiger partial charge in [-0.2, -0.15) is 0 Å². The smallest absolute Gasteiger partial charge is 0.0990 e. The lowest BCUT2D eigenvalue weighted by Gasteiger charge is -2.32. The minimum absolute atomic E-state index is 0.673. The molecule has 0 bridgehead atoms. The first kappa shape index (κ1) is 11.8. The molecular weight excluding hydrogens is 220 g/mol. The number of amidine groups is 1. The lowest BCUT2D eigenvalue weighted by atomic mass is 9.74. The van der Waals surface area contributed by atoms with Gasteiger partial charge >= 0.3 is 0 Å². The molecule has 2 atom stereocenters. The van der Waals surface area contributed by atoms with E-state index in [-0.39, 0.29) is 0 Å². The molecule has 0 fully saturated rings.